The van der Waals surface area contributed by atoms with Crippen LogP contribution in [0.2, 0.25) is 0 Å². The molecule has 2 rings (SSSR count). The number of rotatable bonds is 8. The predicted molar refractivity (Wildman–Crippen MR) is 106 cm³/mol. The van der Waals surface area contributed by atoms with Gasteiger partial charge < -0.3 is 15.4 Å². The molecule has 0 aliphatic carbocycles. The van der Waals surface area contributed by atoms with Crippen LogP contribution in [0.25, 0.3) is 0 Å². The molecule has 0 spiro atoms. The maximum absolute atomic E-state index is 12.3. The van der Waals surface area contributed by atoms with Gasteiger partial charge in [0.05, 0.1) is 19.3 Å². The minimum atomic E-state index is 0.0206. The lowest BCUT2D eigenvalue weighted by Gasteiger charge is -2.34. The van der Waals surface area contributed by atoms with Gasteiger partial charge in [0.2, 0.25) is 11.8 Å². The average Bonchev–Trinajstić information content (AvgIpc) is 2.61. The number of nitrogens with zero attached hydrogens (tertiary/aromatic N) is 2. The van der Waals surface area contributed by atoms with Crippen molar-refractivity contribution in [3.05, 3.63) is 0 Å². The summed E-state index contributed by atoms with van der Waals surface area (Å²) in [5.41, 5.74) is 0. The molecule has 0 saturated carbocycles. The Morgan fingerprint density at radius 1 is 1.07 bits per heavy atom. The van der Waals surface area contributed by atoms with Crippen molar-refractivity contribution in [3.63, 3.8) is 0 Å². The van der Waals surface area contributed by atoms with Crippen molar-refractivity contribution in [2.24, 2.45) is 11.8 Å². The summed E-state index contributed by atoms with van der Waals surface area (Å²) in [6.45, 7) is 14.6. The summed E-state index contributed by atoms with van der Waals surface area (Å²) in [4.78, 5) is 28.6. The molecule has 2 amide bonds. The zero-order valence-corrected chi connectivity index (χ0v) is 17.5. The Morgan fingerprint density at radius 2 is 1.78 bits per heavy atom. The first kappa shape index (κ1) is 22.1. The van der Waals surface area contributed by atoms with E-state index in [1.165, 1.54) is 0 Å². The summed E-state index contributed by atoms with van der Waals surface area (Å²) >= 11 is 0. The molecule has 0 radical (unpaired) electrons. The predicted octanol–water partition coefficient (Wildman–Crippen LogP) is 0.696. The lowest BCUT2D eigenvalue weighted by atomic mass is 10.0. The fraction of sp³-hybridized carbons (Fsp3) is 0.900. The highest BCUT2D eigenvalue weighted by Crippen LogP contribution is 2.11. The minimum absolute atomic E-state index is 0.0206. The molecule has 2 saturated heterocycles. The van der Waals surface area contributed by atoms with Crippen molar-refractivity contribution in [3.8, 4) is 0 Å². The van der Waals surface area contributed by atoms with E-state index in [9.17, 15) is 9.59 Å². The van der Waals surface area contributed by atoms with Crippen LogP contribution in [0, 0.1) is 11.8 Å². The van der Waals surface area contributed by atoms with E-state index in [-0.39, 0.29) is 29.9 Å². The number of carbonyl (C=O) groups excluding carboxylic acids is 2. The van der Waals surface area contributed by atoms with E-state index >= 15 is 0 Å². The molecule has 2 aliphatic heterocycles. The lowest BCUT2D eigenvalue weighted by molar-refractivity contribution is -0.126. The van der Waals surface area contributed by atoms with E-state index in [2.05, 4.69) is 34.3 Å². The number of nitrogens with one attached hydrogen (secondary N) is 2. The second-order valence-electron chi connectivity index (χ2n) is 8.66. The smallest absolute Gasteiger partial charge is 0.234 e. The fourth-order valence-electron chi connectivity index (χ4n) is 3.68. The van der Waals surface area contributed by atoms with Gasteiger partial charge in [-0.05, 0) is 18.8 Å². The van der Waals surface area contributed by atoms with E-state index in [0.29, 0.717) is 19.0 Å². The number of amides is 2. The number of likely N-dealkylation sites (tertiary alicyclic amines) is 1. The number of ether oxygens (including phenoxy) is 1. The van der Waals surface area contributed by atoms with Crippen molar-refractivity contribution in [2.75, 3.05) is 52.4 Å². The molecule has 2 fully saturated rings. The maximum atomic E-state index is 12.3. The molecule has 1 unspecified atom stereocenters. The Balaban J connectivity index is 1.62. The van der Waals surface area contributed by atoms with Crippen LogP contribution in [0.4, 0.5) is 0 Å². The molecule has 7 nitrogen and oxygen atoms in total. The fourth-order valence-corrected chi connectivity index (χ4v) is 3.68. The molecular formula is C20H38N4O3. The highest BCUT2D eigenvalue weighted by Gasteiger charge is 2.24. The molecule has 2 N–H and O–H groups in total. The standard InChI is InChI=1S/C20H38N4O3/c1-15(2)12-24-9-10-27-18(13-24)11-21-19(25)14-23-7-5-17(6-8-23)22-20(26)16(3)4/h15-18H,5-14H2,1-4H3,(H,21,25)(H,22,26). The van der Waals surface area contributed by atoms with E-state index < -0.39 is 0 Å². The number of hydrogen-bond acceptors (Lipinski definition) is 5. The topological polar surface area (TPSA) is 73.9 Å². The van der Waals surface area contributed by atoms with Gasteiger partial charge in [0.25, 0.3) is 0 Å². The number of hydrogen-bond donors (Lipinski definition) is 2. The second kappa shape index (κ2) is 11.0. The Labute approximate surface area is 164 Å². The van der Waals surface area contributed by atoms with E-state index in [0.717, 1.165) is 52.2 Å². The monoisotopic (exact) mass is 382 g/mol. The van der Waals surface area contributed by atoms with Crippen LogP contribution in [0.3, 0.4) is 0 Å². The van der Waals surface area contributed by atoms with Gasteiger partial charge in [0.1, 0.15) is 0 Å². The maximum Gasteiger partial charge on any atom is 0.234 e. The number of piperidine rings is 1. The van der Waals surface area contributed by atoms with E-state index in [4.69, 9.17) is 4.74 Å². The van der Waals surface area contributed by atoms with Crippen LogP contribution in [0.1, 0.15) is 40.5 Å². The zero-order chi connectivity index (χ0) is 19.8. The van der Waals surface area contributed by atoms with Gasteiger partial charge in [-0.3, -0.25) is 19.4 Å². The molecule has 2 heterocycles. The zero-order valence-electron chi connectivity index (χ0n) is 17.5. The first-order chi connectivity index (χ1) is 12.8. The van der Waals surface area contributed by atoms with Crippen LogP contribution < -0.4 is 10.6 Å². The first-order valence-corrected chi connectivity index (χ1v) is 10.5. The largest absolute Gasteiger partial charge is 0.374 e. The van der Waals surface area contributed by atoms with Crippen LogP contribution >= 0.6 is 0 Å². The Kier molecular flexibility index (Phi) is 8.99. The molecule has 0 bridgehead atoms. The van der Waals surface area contributed by atoms with Gasteiger partial charge in [-0.2, -0.15) is 0 Å². The number of morpholine rings is 1. The van der Waals surface area contributed by atoms with Gasteiger partial charge in [-0.25, -0.2) is 0 Å². The molecule has 7 heteroatoms. The lowest BCUT2D eigenvalue weighted by Crippen LogP contribution is -2.51. The van der Waals surface area contributed by atoms with Crippen LogP contribution in [-0.2, 0) is 14.3 Å². The van der Waals surface area contributed by atoms with Gasteiger partial charge in [0.15, 0.2) is 0 Å². The Morgan fingerprint density at radius 3 is 2.41 bits per heavy atom. The second-order valence-corrected chi connectivity index (χ2v) is 8.66. The summed E-state index contributed by atoms with van der Waals surface area (Å²) < 4.78 is 5.79. The van der Waals surface area contributed by atoms with Gasteiger partial charge in [0, 0.05) is 51.2 Å². The summed E-state index contributed by atoms with van der Waals surface area (Å²) in [6.07, 6.45) is 1.89. The molecule has 0 aromatic heterocycles. The van der Waals surface area contributed by atoms with Crippen molar-refractivity contribution in [2.45, 2.75) is 52.7 Å². The molecule has 0 aromatic rings. The Bertz CT molecular complexity index is 476. The SMILES string of the molecule is CC(C)CN1CCOC(CNC(=O)CN2CCC(NC(=O)C(C)C)CC2)C1. The molecule has 1 atom stereocenters. The highest BCUT2D eigenvalue weighted by molar-refractivity contribution is 5.78. The van der Waals surface area contributed by atoms with Crippen molar-refractivity contribution >= 4 is 11.8 Å². The molecule has 0 aromatic carbocycles. The van der Waals surface area contributed by atoms with Crippen molar-refractivity contribution in [1.82, 2.24) is 20.4 Å². The normalized spacial score (nSPS) is 23.0. The molecule has 27 heavy (non-hydrogen) atoms. The summed E-state index contributed by atoms with van der Waals surface area (Å²) in [5.74, 6) is 0.841. The average molecular weight is 383 g/mol. The van der Waals surface area contributed by atoms with Crippen LogP contribution in [0.5, 0.6) is 0 Å². The minimum Gasteiger partial charge on any atom is -0.374 e. The van der Waals surface area contributed by atoms with Crippen molar-refractivity contribution < 1.29 is 14.3 Å². The van der Waals surface area contributed by atoms with E-state index in [1.807, 2.05) is 13.8 Å². The first-order valence-electron chi connectivity index (χ1n) is 10.5. The highest BCUT2D eigenvalue weighted by atomic mass is 16.5. The van der Waals surface area contributed by atoms with Gasteiger partial charge in [-0.15, -0.1) is 0 Å². The third kappa shape index (κ3) is 8.15. The van der Waals surface area contributed by atoms with Gasteiger partial charge in [-0.1, -0.05) is 27.7 Å². The quantitative estimate of drug-likeness (QED) is 0.646. The third-order valence-electron chi connectivity index (χ3n) is 5.20. The number of carbonyl (C=O) groups is 2. The van der Waals surface area contributed by atoms with Crippen LogP contribution in [0.15, 0.2) is 0 Å². The van der Waals surface area contributed by atoms with Crippen LogP contribution in [-0.4, -0.2) is 86.2 Å². The molecule has 156 valence electrons. The van der Waals surface area contributed by atoms with E-state index in [1.54, 1.807) is 0 Å². The third-order valence-corrected chi connectivity index (χ3v) is 5.20. The summed E-state index contributed by atoms with van der Waals surface area (Å²) in [5, 5.41) is 6.12. The molecular weight excluding hydrogens is 344 g/mol. The molecule has 2 aliphatic rings. The summed E-state index contributed by atoms with van der Waals surface area (Å²) in [6, 6.07) is 0.238. The Hall–Kier alpha value is -1.18. The van der Waals surface area contributed by atoms with Crippen molar-refractivity contribution in [1.29, 1.82) is 0 Å². The summed E-state index contributed by atoms with van der Waals surface area (Å²) in [7, 11) is 0. The van der Waals surface area contributed by atoms with Gasteiger partial charge >= 0.3 is 0 Å².